The minimum atomic E-state index is -0.0511. The summed E-state index contributed by atoms with van der Waals surface area (Å²) >= 11 is 13.2. The maximum atomic E-state index is 11.7. The van der Waals surface area contributed by atoms with E-state index in [2.05, 4.69) is 5.32 Å². The maximum Gasteiger partial charge on any atom is 0.281 e. The number of carbonyl (C=O) groups excluding carboxylic acids is 2. The van der Waals surface area contributed by atoms with Gasteiger partial charge in [-0.2, -0.15) is 0 Å². The lowest BCUT2D eigenvalue weighted by Crippen LogP contribution is -2.31. The summed E-state index contributed by atoms with van der Waals surface area (Å²) in [4.78, 5) is 24.8. The lowest BCUT2D eigenvalue weighted by molar-refractivity contribution is -0.121. The molecule has 114 valence electrons. The fraction of sp³-hybridized carbons (Fsp3) is 0.429. The average Bonchev–Trinajstić information content (AvgIpc) is 2.84. The van der Waals surface area contributed by atoms with Gasteiger partial charge >= 0.3 is 0 Å². The van der Waals surface area contributed by atoms with Crippen molar-refractivity contribution in [2.75, 3.05) is 25.4 Å². The molecule has 1 saturated heterocycles. The van der Waals surface area contributed by atoms with E-state index in [1.54, 1.807) is 17.0 Å². The molecule has 7 heteroatoms. The number of nitrogens with zero attached hydrogens (tertiary/aromatic N) is 1. The van der Waals surface area contributed by atoms with E-state index in [9.17, 15) is 9.59 Å². The van der Waals surface area contributed by atoms with Crippen molar-refractivity contribution in [2.24, 2.45) is 0 Å². The van der Waals surface area contributed by atoms with Gasteiger partial charge in [-0.25, -0.2) is 0 Å². The van der Waals surface area contributed by atoms with Gasteiger partial charge in [0.2, 0.25) is 5.91 Å². The Hall–Kier alpha value is -0.910. The Morgan fingerprint density at radius 3 is 2.86 bits per heavy atom. The second kappa shape index (κ2) is 7.92. The third-order valence-corrected chi connectivity index (χ3v) is 4.66. The van der Waals surface area contributed by atoms with Crippen LogP contribution in [-0.2, 0) is 11.2 Å². The zero-order valence-corrected chi connectivity index (χ0v) is 13.7. The molecule has 0 radical (unpaired) electrons. The van der Waals surface area contributed by atoms with Crippen LogP contribution in [0.15, 0.2) is 18.2 Å². The van der Waals surface area contributed by atoms with Crippen molar-refractivity contribution < 1.29 is 9.59 Å². The van der Waals surface area contributed by atoms with E-state index in [0.29, 0.717) is 36.0 Å². The molecule has 0 bridgehead atoms. The predicted octanol–water partition coefficient (Wildman–Crippen LogP) is 3.21. The number of thioether (sulfide) groups is 1. The fourth-order valence-electron chi connectivity index (χ4n) is 2.01. The Morgan fingerprint density at radius 2 is 2.19 bits per heavy atom. The number of hydrogen-bond donors (Lipinski definition) is 1. The summed E-state index contributed by atoms with van der Waals surface area (Å²) in [7, 11) is 0. The van der Waals surface area contributed by atoms with Crippen LogP contribution in [0.1, 0.15) is 12.0 Å². The SMILES string of the molecule is O=C(CCN1CCSC1=O)NCCc1ccc(Cl)cc1Cl. The zero-order valence-electron chi connectivity index (χ0n) is 11.4. The number of halogens is 2. The first kappa shape index (κ1) is 16.5. The van der Waals surface area contributed by atoms with Crippen LogP contribution in [0.3, 0.4) is 0 Å². The molecule has 1 fully saturated rings. The summed E-state index contributed by atoms with van der Waals surface area (Å²) in [6, 6.07) is 5.33. The lowest BCUT2D eigenvalue weighted by atomic mass is 10.1. The second-order valence-electron chi connectivity index (χ2n) is 4.69. The third-order valence-electron chi connectivity index (χ3n) is 3.19. The van der Waals surface area contributed by atoms with E-state index in [1.807, 2.05) is 6.07 Å². The molecule has 4 nitrogen and oxygen atoms in total. The number of hydrogen-bond acceptors (Lipinski definition) is 3. The van der Waals surface area contributed by atoms with Gasteiger partial charge in [0.05, 0.1) is 0 Å². The summed E-state index contributed by atoms with van der Waals surface area (Å²) in [5.41, 5.74) is 0.951. The van der Waals surface area contributed by atoms with Crippen LogP contribution in [0.5, 0.6) is 0 Å². The summed E-state index contributed by atoms with van der Waals surface area (Å²) in [6.45, 7) is 1.74. The van der Waals surface area contributed by atoms with Crippen LogP contribution in [0, 0.1) is 0 Å². The van der Waals surface area contributed by atoms with Gasteiger partial charge in [0, 0.05) is 41.9 Å². The van der Waals surface area contributed by atoms with Gasteiger partial charge in [-0.3, -0.25) is 9.59 Å². The smallest absolute Gasteiger partial charge is 0.281 e. The number of benzene rings is 1. The van der Waals surface area contributed by atoms with Crippen molar-refractivity contribution in [3.05, 3.63) is 33.8 Å². The molecule has 0 atom stereocenters. The Balaban J connectivity index is 1.68. The van der Waals surface area contributed by atoms with Gasteiger partial charge in [-0.15, -0.1) is 0 Å². The molecule has 1 heterocycles. The van der Waals surface area contributed by atoms with Gasteiger partial charge in [0.1, 0.15) is 0 Å². The van der Waals surface area contributed by atoms with E-state index < -0.39 is 0 Å². The molecular formula is C14H16Cl2N2O2S. The number of amides is 2. The minimum Gasteiger partial charge on any atom is -0.356 e. The first-order valence-electron chi connectivity index (χ1n) is 6.68. The number of nitrogens with one attached hydrogen (secondary N) is 1. The lowest BCUT2D eigenvalue weighted by Gasteiger charge is -2.14. The molecule has 21 heavy (non-hydrogen) atoms. The molecule has 0 spiro atoms. The second-order valence-corrected chi connectivity index (χ2v) is 6.58. The van der Waals surface area contributed by atoms with Gasteiger partial charge in [-0.05, 0) is 24.1 Å². The monoisotopic (exact) mass is 346 g/mol. The summed E-state index contributed by atoms with van der Waals surface area (Å²) < 4.78 is 0. The Kier molecular flexibility index (Phi) is 6.21. The summed E-state index contributed by atoms with van der Waals surface area (Å²) in [5, 5.41) is 4.11. The third kappa shape index (κ3) is 5.09. The highest BCUT2D eigenvalue weighted by Gasteiger charge is 2.21. The average molecular weight is 347 g/mol. The van der Waals surface area contributed by atoms with Crippen LogP contribution in [0.25, 0.3) is 0 Å². The van der Waals surface area contributed by atoms with Crippen molar-refractivity contribution >= 4 is 46.1 Å². The molecule has 1 N–H and O–H groups in total. The number of carbonyl (C=O) groups is 2. The van der Waals surface area contributed by atoms with E-state index in [-0.39, 0.29) is 11.1 Å². The molecule has 0 saturated carbocycles. The van der Waals surface area contributed by atoms with E-state index in [4.69, 9.17) is 23.2 Å². The normalized spacial score (nSPS) is 14.6. The highest BCUT2D eigenvalue weighted by atomic mass is 35.5. The first-order chi connectivity index (χ1) is 10.1. The van der Waals surface area contributed by atoms with Crippen LogP contribution >= 0.6 is 35.0 Å². The van der Waals surface area contributed by atoms with Crippen LogP contribution in [0.4, 0.5) is 4.79 Å². The Bertz CT molecular complexity index is 540. The molecular weight excluding hydrogens is 331 g/mol. The molecule has 2 rings (SSSR count). The maximum absolute atomic E-state index is 11.7. The van der Waals surface area contributed by atoms with Gasteiger partial charge < -0.3 is 10.2 Å². The van der Waals surface area contributed by atoms with Gasteiger partial charge in [0.15, 0.2) is 0 Å². The highest BCUT2D eigenvalue weighted by Crippen LogP contribution is 2.21. The van der Waals surface area contributed by atoms with E-state index in [1.165, 1.54) is 11.8 Å². The first-order valence-corrected chi connectivity index (χ1v) is 8.43. The van der Waals surface area contributed by atoms with Crippen molar-refractivity contribution in [3.63, 3.8) is 0 Å². The van der Waals surface area contributed by atoms with Crippen molar-refractivity contribution in [1.82, 2.24) is 10.2 Å². The number of rotatable bonds is 6. The Labute approximate surface area is 138 Å². The standard InChI is InChI=1S/C14H16Cl2N2O2S/c15-11-2-1-10(12(16)9-11)3-5-17-13(19)4-6-18-7-8-21-14(18)20/h1-2,9H,3-8H2,(H,17,19). The summed E-state index contributed by atoms with van der Waals surface area (Å²) in [6.07, 6.45) is 0.987. The minimum absolute atomic E-state index is 0.0511. The molecule has 1 aromatic carbocycles. The predicted molar refractivity (Wildman–Crippen MR) is 87.2 cm³/mol. The molecule has 0 unspecified atom stereocenters. The van der Waals surface area contributed by atoms with Crippen LogP contribution < -0.4 is 5.32 Å². The zero-order chi connectivity index (χ0) is 15.2. The quantitative estimate of drug-likeness (QED) is 0.860. The summed E-state index contributed by atoms with van der Waals surface area (Å²) in [5.74, 6) is 0.764. The topological polar surface area (TPSA) is 49.4 Å². The molecule has 1 aliphatic heterocycles. The van der Waals surface area contributed by atoms with E-state index in [0.717, 1.165) is 17.9 Å². The van der Waals surface area contributed by atoms with Crippen molar-refractivity contribution in [3.8, 4) is 0 Å². The Morgan fingerprint density at radius 1 is 1.38 bits per heavy atom. The van der Waals surface area contributed by atoms with Gasteiger partial charge in [-0.1, -0.05) is 41.0 Å². The van der Waals surface area contributed by atoms with E-state index >= 15 is 0 Å². The largest absolute Gasteiger partial charge is 0.356 e. The molecule has 2 amide bonds. The van der Waals surface area contributed by atoms with Crippen molar-refractivity contribution in [2.45, 2.75) is 12.8 Å². The van der Waals surface area contributed by atoms with Crippen molar-refractivity contribution in [1.29, 1.82) is 0 Å². The van der Waals surface area contributed by atoms with Gasteiger partial charge in [0.25, 0.3) is 5.24 Å². The molecule has 0 aromatic heterocycles. The van der Waals surface area contributed by atoms with Crippen LogP contribution in [0.2, 0.25) is 10.0 Å². The molecule has 1 aromatic rings. The molecule has 1 aliphatic rings. The fourth-order valence-corrected chi connectivity index (χ4v) is 3.37. The molecule has 0 aliphatic carbocycles. The highest BCUT2D eigenvalue weighted by molar-refractivity contribution is 8.13. The van der Waals surface area contributed by atoms with Crippen LogP contribution in [-0.4, -0.2) is 41.4 Å².